The Hall–Kier alpha value is -2.05. The van der Waals surface area contributed by atoms with Crippen molar-refractivity contribution < 1.29 is 14.2 Å². The summed E-state index contributed by atoms with van der Waals surface area (Å²) >= 11 is 4.76. The van der Waals surface area contributed by atoms with E-state index in [1.165, 1.54) is 29.5 Å². The third-order valence-corrected chi connectivity index (χ3v) is 9.84. The van der Waals surface area contributed by atoms with E-state index < -0.39 is 0 Å². The normalized spacial score (nSPS) is 11.1. The average Bonchev–Trinajstić information content (AvgIpc) is 3.07. The lowest BCUT2D eigenvalue weighted by Gasteiger charge is -2.20. The second-order valence-electron chi connectivity index (χ2n) is 13.2. The quantitative estimate of drug-likeness (QED) is 0.0684. The van der Waals surface area contributed by atoms with Crippen LogP contribution < -0.4 is 24.8 Å². The molecule has 4 aromatic carbocycles. The minimum Gasteiger partial charge on any atom is -0.488 e. The zero-order valence-electron chi connectivity index (χ0n) is 29.6. The van der Waals surface area contributed by atoms with Gasteiger partial charge in [0.1, 0.15) is 37.1 Å². The van der Waals surface area contributed by atoms with Crippen LogP contribution in [0.15, 0.2) is 78.9 Å². The van der Waals surface area contributed by atoms with E-state index >= 15 is 0 Å². The Morgan fingerprint density at radius 2 is 1.06 bits per heavy atom. The van der Waals surface area contributed by atoms with Crippen molar-refractivity contribution in [1.29, 1.82) is 0 Å². The molecule has 0 bridgehead atoms. The first-order valence-electron chi connectivity index (χ1n) is 17.3. The van der Waals surface area contributed by atoms with Gasteiger partial charge in [0, 0.05) is 24.2 Å². The van der Waals surface area contributed by atoms with Crippen molar-refractivity contribution in [3.05, 3.63) is 119 Å². The molecule has 0 spiro atoms. The van der Waals surface area contributed by atoms with Gasteiger partial charge in [-0.1, -0.05) is 77.1 Å². The number of rotatable bonds is 20. The summed E-state index contributed by atoms with van der Waals surface area (Å²) in [6.45, 7) is 16.3. The number of aryl methyl sites for hydroxylation is 1. The van der Waals surface area contributed by atoms with Crippen molar-refractivity contribution in [3.63, 3.8) is 0 Å². The molecular weight excluding hydrogens is 858 g/mol. The highest BCUT2D eigenvalue weighted by Gasteiger charge is 2.16. The van der Waals surface area contributed by atoms with Gasteiger partial charge in [-0.2, -0.15) is 0 Å². The molecule has 0 saturated carbocycles. The van der Waals surface area contributed by atoms with E-state index in [0.29, 0.717) is 31.7 Å². The SMILES string of the molecule is CCc1cc(COc2ccc(CNCCC(C)C)cc2I)c(OCc2ccccc2)c(COc2ccc(CNCCC(C)C)cc2I)c1.Cl. The first-order valence-corrected chi connectivity index (χ1v) is 19.4. The van der Waals surface area contributed by atoms with Gasteiger partial charge in [-0.25, -0.2) is 0 Å². The van der Waals surface area contributed by atoms with Crippen LogP contribution in [0.2, 0.25) is 0 Å². The molecule has 0 aliphatic rings. The van der Waals surface area contributed by atoms with E-state index in [1.807, 2.05) is 18.2 Å². The Bertz CT molecular complexity index is 1480. The fourth-order valence-corrected chi connectivity index (χ4v) is 6.73. The van der Waals surface area contributed by atoms with Crippen LogP contribution in [0.3, 0.4) is 0 Å². The maximum Gasteiger partial charge on any atom is 0.133 e. The molecule has 0 amide bonds. The summed E-state index contributed by atoms with van der Waals surface area (Å²) in [4.78, 5) is 0. The van der Waals surface area contributed by atoms with Crippen LogP contribution in [0.1, 0.15) is 80.8 Å². The number of hydrogen-bond acceptors (Lipinski definition) is 5. The smallest absolute Gasteiger partial charge is 0.133 e. The molecule has 0 aliphatic heterocycles. The summed E-state index contributed by atoms with van der Waals surface area (Å²) in [5, 5.41) is 7.12. The van der Waals surface area contributed by atoms with Gasteiger partial charge in [-0.15, -0.1) is 12.4 Å². The molecule has 266 valence electrons. The fourth-order valence-electron chi connectivity index (χ4n) is 5.26. The minimum atomic E-state index is 0. The van der Waals surface area contributed by atoms with Gasteiger partial charge in [0.15, 0.2) is 0 Å². The summed E-state index contributed by atoms with van der Waals surface area (Å²) in [7, 11) is 0. The Kier molecular flexibility index (Phi) is 18.6. The van der Waals surface area contributed by atoms with E-state index in [1.54, 1.807) is 0 Å². The summed E-state index contributed by atoms with van der Waals surface area (Å²) in [6, 6.07) is 27.6. The van der Waals surface area contributed by atoms with Crippen molar-refractivity contribution in [1.82, 2.24) is 10.6 Å². The van der Waals surface area contributed by atoms with E-state index in [0.717, 1.165) is 73.7 Å². The molecule has 0 fully saturated rings. The fraction of sp³-hybridized carbons (Fsp3) is 0.415. The third-order valence-electron chi connectivity index (χ3n) is 8.15. The maximum atomic E-state index is 6.59. The van der Waals surface area contributed by atoms with Crippen LogP contribution in [0, 0.1) is 19.0 Å². The monoisotopic (exact) mass is 910 g/mol. The second-order valence-corrected chi connectivity index (χ2v) is 15.5. The second kappa shape index (κ2) is 22.0. The van der Waals surface area contributed by atoms with Crippen LogP contribution in [0.4, 0.5) is 0 Å². The number of ether oxygens (including phenoxy) is 3. The topological polar surface area (TPSA) is 51.8 Å². The molecule has 0 unspecified atom stereocenters. The van der Waals surface area contributed by atoms with Crippen LogP contribution in [0.5, 0.6) is 17.2 Å². The number of halogens is 3. The van der Waals surface area contributed by atoms with Crippen LogP contribution in [-0.4, -0.2) is 13.1 Å². The molecule has 8 heteroatoms. The Morgan fingerprint density at radius 3 is 1.49 bits per heavy atom. The first-order chi connectivity index (χ1) is 23.2. The predicted molar refractivity (Wildman–Crippen MR) is 223 cm³/mol. The molecule has 0 aromatic heterocycles. The van der Waals surface area contributed by atoms with Crippen molar-refractivity contribution in [2.45, 2.75) is 86.8 Å². The first kappa shape index (κ1) is 41.4. The lowest BCUT2D eigenvalue weighted by Crippen LogP contribution is -2.16. The zero-order valence-corrected chi connectivity index (χ0v) is 34.8. The summed E-state index contributed by atoms with van der Waals surface area (Å²) < 4.78 is 21.7. The average molecular weight is 911 g/mol. The molecule has 4 rings (SSSR count). The van der Waals surface area contributed by atoms with E-state index in [9.17, 15) is 0 Å². The number of nitrogens with one attached hydrogen (secondary N) is 2. The largest absolute Gasteiger partial charge is 0.488 e. The molecule has 0 radical (unpaired) electrons. The molecule has 0 atom stereocenters. The molecule has 0 aliphatic carbocycles. The highest BCUT2D eigenvalue weighted by atomic mass is 127. The molecule has 0 heterocycles. The molecule has 49 heavy (non-hydrogen) atoms. The van der Waals surface area contributed by atoms with Gasteiger partial charge in [0.05, 0.1) is 7.14 Å². The van der Waals surface area contributed by atoms with E-state index in [-0.39, 0.29) is 12.4 Å². The van der Waals surface area contributed by atoms with Gasteiger partial charge in [-0.05, 0) is 148 Å². The van der Waals surface area contributed by atoms with Gasteiger partial charge in [0.25, 0.3) is 0 Å². The van der Waals surface area contributed by atoms with Crippen molar-refractivity contribution in [3.8, 4) is 17.2 Å². The highest BCUT2D eigenvalue weighted by Crippen LogP contribution is 2.32. The number of hydrogen-bond donors (Lipinski definition) is 2. The molecule has 5 nitrogen and oxygen atoms in total. The van der Waals surface area contributed by atoms with Crippen LogP contribution >= 0.6 is 57.6 Å². The zero-order chi connectivity index (χ0) is 34.3. The molecular formula is C41H53ClI2N2O3. The Labute approximate surface area is 328 Å². The van der Waals surface area contributed by atoms with Crippen LogP contribution in [0.25, 0.3) is 0 Å². The van der Waals surface area contributed by atoms with Crippen molar-refractivity contribution in [2.24, 2.45) is 11.8 Å². The van der Waals surface area contributed by atoms with E-state index in [4.69, 9.17) is 14.2 Å². The van der Waals surface area contributed by atoms with Gasteiger partial charge < -0.3 is 24.8 Å². The summed E-state index contributed by atoms with van der Waals surface area (Å²) in [6.07, 6.45) is 3.27. The standard InChI is InChI=1S/C41H52I2N2O3.ClH/c1-6-31-20-35(27-46-39-14-12-33(22-37(39)42)24-44-18-16-29(2)3)41(48-26-32-10-8-7-9-11-32)36(21-31)28-47-40-15-13-34(23-38(40)43)25-45-19-17-30(4)5;/h7-15,20-23,29-30,44-45H,6,16-19,24-28H2,1-5H3;1H. The summed E-state index contributed by atoms with van der Waals surface area (Å²) in [5.41, 5.74) is 6.93. The van der Waals surface area contributed by atoms with Gasteiger partial charge >= 0.3 is 0 Å². The Morgan fingerprint density at radius 1 is 0.571 bits per heavy atom. The molecule has 4 aromatic rings. The lowest BCUT2D eigenvalue weighted by molar-refractivity contribution is 0.256. The Balaban J connectivity index is 0.00000650. The minimum absolute atomic E-state index is 0. The van der Waals surface area contributed by atoms with Gasteiger partial charge in [-0.3, -0.25) is 0 Å². The molecule has 2 N–H and O–H groups in total. The van der Waals surface area contributed by atoms with Crippen LogP contribution in [-0.2, 0) is 39.3 Å². The van der Waals surface area contributed by atoms with Crippen molar-refractivity contribution in [2.75, 3.05) is 13.1 Å². The highest BCUT2D eigenvalue weighted by molar-refractivity contribution is 14.1. The van der Waals surface area contributed by atoms with Gasteiger partial charge in [0.2, 0.25) is 0 Å². The number of benzene rings is 4. The van der Waals surface area contributed by atoms with E-state index in [2.05, 4.69) is 151 Å². The molecule has 0 saturated heterocycles. The third kappa shape index (κ3) is 14.2. The predicted octanol–water partition coefficient (Wildman–Crippen LogP) is 10.9. The maximum absolute atomic E-state index is 6.59. The summed E-state index contributed by atoms with van der Waals surface area (Å²) in [5.74, 6) is 4.00. The lowest BCUT2D eigenvalue weighted by atomic mass is 10.0. The van der Waals surface area contributed by atoms with Crippen molar-refractivity contribution >= 4 is 57.6 Å².